The lowest BCUT2D eigenvalue weighted by Gasteiger charge is -2.31. The van der Waals surface area contributed by atoms with E-state index in [2.05, 4.69) is 5.32 Å². The second-order valence-electron chi connectivity index (χ2n) is 7.80. The summed E-state index contributed by atoms with van der Waals surface area (Å²) in [4.78, 5) is 38.2. The number of carbonyl (C=O) groups excluding carboxylic acids is 3. The molecule has 0 aromatic heterocycles. The molecule has 7 nitrogen and oxygen atoms in total. The van der Waals surface area contributed by atoms with Crippen LogP contribution in [0.15, 0.2) is 0 Å². The van der Waals surface area contributed by atoms with Gasteiger partial charge in [-0.15, -0.1) is 0 Å². The van der Waals surface area contributed by atoms with Gasteiger partial charge in [0.25, 0.3) is 0 Å². The SMILES string of the molecule is CC(C)OC(=O)CN[C@H](CC1CCCCC1)C(=O)N1CCC[C@H]1C(N)=O. The Morgan fingerprint density at radius 3 is 2.42 bits per heavy atom. The van der Waals surface area contributed by atoms with Gasteiger partial charge in [0.15, 0.2) is 0 Å². The molecule has 0 bridgehead atoms. The summed E-state index contributed by atoms with van der Waals surface area (Å²) in [7, 11) is 0. The topological polar surface area (TPSA) is 102 Å². The molecule has 1 heterocycles. The normalized spacial score (nSPS) is 22.4. The fourth-order valence-corrected chi connectivity index (χ4v) is 4.07. The van der Waals surface area contributed by atoms with Crippen LogP contribution in [0, 0.1) is 5.92 Å². The van der Waals surface area contributed by atoms with E-state index in [0.717, 1.165) is 19.3 Å². The number of amides is 2. The molecule has 0 radical (unpaired) electrons. The molecule has 2 amide bonds. The van der Waals surface area contributed by atoms with E-state index in [1.54, 1.807) is 18.7 Å². The Balaban J connectivity index is 2.01. The lowest BCUT2D eigenvalue weighted by atomic mass is 9.84. The second-order valence-corrected chi connectivity index (χ2v) is 7.80. The van der Waals surface area contributed by atoms with Crippen LogP contribution in [0.25, 0.3) is 0 Å². The number of nitrogens with zero attached hydrogens (tertiary/aromatic N) is 1. The molecule has 1 saturated carbocycles. The number of carbonyl (C=O) groups is 3. The first-order valence-corrected chi connectivity index (χ1v) is 9.91. The first kappa shape index (κ1) is 20.7. The second kappa shape index (κ2) is 9.90. The minimum absolute atomic E-state index is 0.00359. The molecule has 1 aliphatic carbocycles. The number of likely N-dealkylation sites (tertiary alicyclic amines) is 1. The molecule has 0 spiro atoms. The van der Waals surface area contributed by atoms with Crippen LogP contribution in [0.5, 0.6) is 0 Å². The van der Waals surface area contributed by atoms with Crippen LogP contribution >= 0.6 is 0 Å². The van der Waals surface area contributed by atoms with E-state index in [0.29, 0.717) is 25.3 Å². The molecule has 1 saturated heterocycles. The van der Waals surface area contributed by atoms with Crippen molar-refractivity contribution < 1.29 is 19.1 Å². The zero-order valence-electron chi connectivity index (χ0n) is 16.0. The maximum Gasteiger partial charge on any atom is 0.320 e. The number of hydrogen-bond donors (Lipinski definition) is 2. The van der Waals surface area contributed by atoms with Gasteiger partial charge >= 0.3 is 5.97 Å². The quantitative estimate of drug-likeness (QED) is 0.631. The Bertz CT molecular complexity index is 503. The molecule has 7 heteroatoms. The highest BCUT2D eigenvalue weighted by Crippen LogP contribution is 2.28. The molecular formula is C19H33N3O4. The highest BCUT2D eigenvalue weighted by atomic mass is 16.5. The summed E-state index contributed by atoms with van der Waals surface area (Å²) in [5.41, 5.74) is 5.46. The largest absolute Gasteiger partial charge is 0.462 e. The van der Waals surface area contributed by atoms with Crippen molar-refractivity contribution >= 4 is 17.8 Å². The van der Waals surface area contributed by atoms with Crippen LogP contribution in [0.2, 0.25) is 0 Å². The van der Waals surface area contributed by atoms with Crippen molar-refractivity contribution in [2.45, 2.75) is 83.4 Å². The third-order valence-electron chi connectivity index (χ3n) is 5.32. The summed E-state index contributed by atoms with van der Waals surface area (Å²) in [6.45, 7) is 4.14. The Morgan fingerprint density at radius 1 is 1.12 bits per heavy atom. The van der Waals surface area contributed by atoms with Crippen LogP contribution in [0.1, 0.15) is 65.2 Å². The number of rotatable bonds is 8. The van der Waals surface area contributed by atoms with E-state index in [9.17, 15) is 14.4 Å². The molecule has 2 fully saturated rings. The van der Waals surface area contributed by atoms with Crippen molar-refractivity contribution in [1.29, 1.82) is 0 Å². The molecule has 2 rings (SSSR count). The van der Waals surface area contributed by atoms with Gasteiger partial charge in [-0.25, -0.2) is 0 Å². The van der Waals surface area contributed by atoms with Crippen molar-refractivity contribution in [2.75, 3.05) is 13.1 Å². The lowest BCUT2D eigenvalue weighted by molar-refractivity contribution is -0.147. The molecule has 3 N–H and O–H groups in total. The zero-order valence-corrected chi connectivity index (χ0v) is 16.0. The van der Waals surface area contributed by atoms with Gasteiger partial charge in [-0.2, -0.15) is 0 Å². The fraction of sp³-hybridized carbons (Fsp3) is 0.842. The van der Waals surface area contributed by atoms with E-state index < -0.39 is 18.0 Å². The predicted molar refractivity (Wildman–Crippen MR) is 98.1 cm³/mol. The van der Waals surface area contributed by atoms with E-state index in [1.165, 1.54) is 19.3 Å². The minimum atomic E-state index is -0.527. The summed E-state index contributed by atoms with van der Waals surface area (Å²) < 4.78 is 5.15. The zero-order chi connectivity index (χ0) is 19.1. The van der Waals surface area contributed by atoms with Crippen molar-refractivity contribution in [3.05, 3.63) is 0 Å². The first-order valence-electron chi connectivity index (χ1n) is 9.91. The average Bonchev–Trinajstić information content (AvgIpc) is 3.08. The number of esters is 1. The highest BCUT2D eigenvalue weighted by molar-refractivity contribution is 5.90. The standard InChI is InChI=1S/C19H33N3O4/c1-13(2)26-17(23)12-21-15(11-14-7-4-3-5-8-14)19(25)22-10-6-9-16(22)18(20)24/h13-16,21H,3-12H2,1-2H3,(H2,20,24)/t15-,16+/m1/s1. The minimum Gasteiger partial charge on any atom is -0.462 e. The maximum atomic E-state index is 13.1. The van der Waals surface area contributed by atoms with Gasteiger partial charge in [0.2, 0.25) is 11.8 Å². The lowest BCUT2D eigenvalue weighted by Crippen LogP contribution is -2.53. The van der Waals surface area contributed by atoms with E-state index in [1.807, 2.05) is 0 Å². The number of nitrogens with one attached hydrogen (secondary N) is 1. The van der Waals surface area contributed by atoms with Crippen LogP contribution in [0.3, 0.4) is 0 Å². The third-order valence-corrected chi connectivity index (χ3v) is 5.32. The van der Waals surface area contributed by atoms with Crippen molar-refractivity contribution in [3.63, 3.8) is 0 Å². The summed E-state index contributed by atoms with van der Waals surface area (Å²) in [6.07, 6.45) is 7.76. The first-order chi connectivity index (χ1) is 12.4. The molecule has 1 aliphatic heterocycles. The Labute approximate surface area is 156 Å². The molecule has 0 unspecified atom stereocenters. The van der Waals surface area contributed by atoms with Gasteiger partial charge in [-0.05, 0) is 39.0 Å². The van der Waals surface area contributed by atoms with E-state index in [-0.39, 0.29) is 24.5 Å². The molecule has 2 atom stereocenters. The average molecular weight is 367 g/mol. The van der Waals surface area contributed by atoms with Gasteiger partial charge in [0.05, 0.1) is 18.7 Å². The highest BCUT2D eigenvalue weighted by Gasteiger charge is 2.37. The molecule has 0 aromatic carbocycles. The molecule has 2 aliphatic rings. The molecule has 26 heavy (non-hydrogen) atoms. The Morgan fingerprint density at radius 2 is 1.81 bits per heavy atom. The van der Waals surface area contributed by atoms with Crippen LogP contribution in [-0.4, -0.2) is 54.0 Å². The van der Waals surface area contributed by atoms with Crippen molar-refractivity contribution in [1.82, 2.24) is 10.2 Å². The Kier molecular flexibility index (Phi) is 7.87. The van der Waals surface area contributed by atoms with Gasteiger partial charge in [-0.3, -0.25) is 19.7 Å². The van der Waals surface area contributed by atoms with Crippen molar-refractivity contribution in [3.8, 4) is 0 Å². The fourth-order valence-electron chi connectivity index (χ4n) is 4.07. The Hall–Kier alpha value is -1.63. The number of hydrogen-bond acceptors (Lipinski definition) is 5. The summed E-state index contributed by atoms with van der Waals surface area (Å²) >= 11 is 0. The van der Waals surface area contributed by atoms with E-state index >= 15 is 0 Å². The van der Waals surface area contributed by atoms with Crippen LogP contribution in [0.4, 0.5) is 0 Å². The summed E-state index contributed by atoms with van der Waals surface area (Å²) in [6, 6.07) is -1.00. The molecule has 0 aromatic rings. The van der Waals surface area contributed by atoms with Crippen molar-refractivity contribution in [2.24, 2.45) is 11.7 Å². The van der Waals surface area contributed by atoms with E-state index in [4.69, 9.17) is 10.5 Å². The van der Waals surface area contributed by atoms with Crippen LogP contribution < -0.4 is 11.1 Å². The van der Waals surface area contributed by atoms with Gasteiger partial charge < -0.3 is 15.4 Å². The van der Waals surface area contributed by atoms with Gasteiger partial charge in [0.1, 0.15) is 6.04 Å². The van der Waals surface area contributed by atoms with Gasteiger partial charge in [0, 0.05) is 6.54 Å². The number of ether oxygens (including phenoxy) is 1. The summed E-state index contributed by atoms with van der Waals surface area (Å²) in [5, 5.41) is 3.09. The maximum absolute atomic E-state index is 13.1. The number of primary amides is 1. The monoisotopic (exact) mass is 367 g/mol. The number of nitrogens with two attached hydrogens (primary N) is 1. The van der Waals surface area contributed by atoms with Crippen LogP contribution in [-0.2, 0) is 19.1 Å². The summed E-state index contributed by atoms with van der Waals surface area (Å²) in [5.74, 6) is -0.462. The molecular weight excluding hydrogens is 334 g/mol. The van der Waals surface area contributed by atoms with Gasteiger partial charge in [-0.1, -0.05) is 32.1 Å². The predicted octanol–water partition coefficient (Wildman–Crippen LogP) is 1.34. The molecule has 148 valence electrons. The smallest absolute Gasteiger partial charge is 0.320 e. The third kappa shape index (κ3) is 5.97.